The first-order chi connectivity index (χ1) is 5.00. The summed E-state index contributed by atoms with van der Waals surface area (Å²) in [5, 5.41) is 26.2. The predicted molar refractivity (Wildman–Crippen MR) is 34.3 cm³/mol. The Balaban J connectivity index is 4.00. The fourth-order valence-corrected chi connectivity index (χ4v) is 0.511. The predicted octanol–water partition coefficient (Wildman–Crippen LogP) is -1.46. The third-order valence-corrected chi connectivity index (χ3v) is 1.28. The van der Waals surface area contributed by atoms with Gasteiger partial charge in [-0.05, 0) is 0 Å². The van der Waals surface area contributed by atoms with Crippen LogP contribution in [0.25, 0.3) is 0 Å². The van der Waals surface area contributed by atoms with E-state index in [4.69, 9.17) is 16.7 Å². The van der Waals surface area contributed by atoms with Crippen LogP contribution < -0.4 is 0 Å². The lowest BCUT2D eigenvalue weighted by atomic mass is 10.0. The molecule has 4 heteroatoms. The Morgan fingerprint density at radius 3 is 2.50 bits per heavy atom. The van der Waals surface area contributed by atoms with Gasteiger partial charge in [-0.1, -0.05) is 6.92 Å². The normalized spacial score (nSPS) is 21.0. The quantitative estimate of drug-likeness (QED) is 0.427. The molecule has 0 aromatic heterocycles. The highest BCUT2D eigenvalue weighted by atomic mass is 16.4. The molecule has 4 nitrogen and oxygen atoms in total. The highest BCUT2D eigenvalue weighted by molar-refractivity contribution is 5.53. The summed E-state index contributed by atoms with van der Waals surface area (Å²) in [6.45, 7) is 0.706. The first kappa shape index (κ1) is 7.65. The lowest BCUT2D eigenvalue weighted by Gasteiger charge is -2.17. The van der Waals surface area contributed by atoms with Crippen LogP contribution >= 0.6 is 0 Å². The van der Waals surface area contributed by atoms with Gasteiger partial charge in [0.15, 0.2) is 0 Å². The van der Waals surface area contributed by atoms with Crippen molar-refractivity contribution in [1.82, 2.24) is 0 Å². The maximum absolute atomic E-state index is 10.3. The van der Waals surface area contributed by atoms with Gasteiger partial charge in [0.05, 0.1) is 12.7 Å². The highest BCUT2D eigenvalue weighted by Crippen LogP contribution is 2.03. The number of hydrogen-bond donors (Lipinski definition) is 3. The third kappa shape index (κ3) is 2.43. The number of aliphatic hydroxyl groups excluding tert-OH is 3. The standard InChI is InChI=1S/C6H12O4/c1-4(2-7)6(10)5(9)3-8/h2,4-6,8-10H,3H2,1H3/t4-,5+,6-/m0/s1/i2D. The monoisotopic (exact) mass is 149 g/mol. The molecule has 0 fully saturated rings. The van der Waals surface area contributed by atoms with Crippen molar-refractivity contribution in [2.45, 2.75) is 19.1 Å². The molecule has 0 aliphatic rings. The van der Waals surface area contributed by atoms with Gasteiger partial charge in [-0.3, -0.25) is 0 Å². The van der Waals surface area contributed by atoms with Gasteiger partial charge >= 0.3 is 0 Å². The zero-order valence-corrected chi connectivity index (χ0v) is 5.69. The van der Waals surface area contributed by atoms with Gasteiger partial charge in [0, 0.05) is 5.92 Å². The first-order valence-electron chi connectivity index (χ1n) is 3.48. The number of aliphatic hydroxyl groups is 3. The van der Waals surface area contributed by atoms with Crippen LogP contribution in [0.1, 0.15) is 8.29 Å². The van der Waals surface area contributed by atoms with E-state index in [1.807, 2.05) is 0 Å². The van der Waals surface area contributed by atoms with E-state index in [1.54, 1.807) is 0 Å². The minimum Gasteiger partial charge on any atom is -0.394 e. The molecule has 0 aliphatic carbocycles. The second-order valence-electron chi connectivity index (χ2n) is 2.15. The molecule has 0 spiro atoms. The van der Waals surface area contributed by atoms with E-state index >= 15 is 0 Å². The van der Waals surface area contributed by atoms with Crippen LogP contribution in [0, 0.1) is 5.92 Å². The third-order valence-electron chi connectivity index (χ3n) is 1.28. The Labute approximate surface area is 60.5 Å². The van der Waals surface area contributed by atoms with Crippen molar-refractivity contribution >= 4 is 6.26 Å². The molecule has 0 aromatic carbocycles. The number of hydrogen-bond acceptors (Lipinski definition) is 4. The van der Waals surface area contributed by atoms with E-state index in [2.05, 4.69) is 0 Å². The zero-order valence-electron chi connectivity index (χ0n) is 6.69. The van der Waals surface area contributed by atoms with Crippen molar-refractivity contribution in [3.05, 3.63) is 0 Å². The average Bonchev–Trinajstić information content (AvgIpc) is 2.00. The topological polar surface area (TPSA) is 77.8 Å². The fraction of sp³-hybridized carbons (Fsp3) is 0.833. The number of rotatable bonds is 4. The lowest BCUT2D eigenvalue weighted by Crippen LogP contribution is -2.35. The molecule has 0 amide bonds. The summed E-state index contributed by atoms with van der Waals surface area (Å²) in [6.07, 6.45) is -3.66. The second kappa shape index (κ2) is 4.38. The van der Waals surface area contributed by atoms with Crippen LogP contribution in [0.4, 0.5) is 0 Å². The molecule has 0 saturated carbocycles. The number of aldehydes is 1. The molecule has 10 heavy (non-hydrogen) atoms. The van der Waals surface area contributed by atoms with Gasteiger partial charge in [0.1, 0.15) is 13.7 Å². The van der Waals surface area contributed by atoms with E-state index in [0.717, 1.165) is 0 Å². The molecule has 0 radical (unpaired) electrons. The maximum Gasteiger partial charge on any atom is 0.125 e. The fourth-order valence-electron chi connectivity index (χ4n) is 0.511. The van der Waals surface area contributed by atoms with Crippen molar-refractivity contribution < 1.29 is 21.5 Å². The molecule has 0 aliphatic heterocycles. The molecule has 0 heterocycles. The van der Waals surface area contributed by atoms with E-state index in [1.165, 1.54) is 6.92 Å². The zero-order chi connectivity index (χ0) is 9.02. The van der Waals surface area contributed by atoms with Gasteiger partial charge in [0.2, 0.25) is 0 Å². The molecule has 60 valence electrons. The van der Waals surface area contributed by atoms with Crippen molar-refractivity contribution in [3.8, 4) is 0 Å². The first-order valence-corrected chi connectivity index (χ1v) is 2.98. The SMILES string of the molecule is [2H]C(=O)[C@H](C)[C@H](O)[C@H](O)CO. The molecular weight excluding hydrogens is 136 g/mol. The minimum atomic E-state index is -1.36. The Hall–Kier alpha value is -0.450. The van der Waals surface area contributed by atoms with E-state index < -0.39 is 31.0 Å². The van der Waals surface area contributed by atoms with Gasteiger partial charge in [-0.25, -0.2) is 0 Å². The Morgan fingerprint density at radius 2 is 2.20 bits per heavy atom. The van der Waals surface area contributed by atoms with Crippen molar-refractivity contribution in [2.24, 2.45) is 5.92 Å². The van der Waals surface area contributed by atoms with Crippen LogP contribution in [0.15, 0.2) is 0 Å². The smallest absolute Gasteiger partial charge is 0.125 e. The Bertz CT molecular complexity index is 139. The molecule has 0 rings (SSSR count). The van der Waals surface area contributed by atoms with Crippen molar-refractivity contribution in [2.75, 3.05) is 6.61 Å². The van der Waals surface area contributed by atoms with Crippen molar-refractivity contribution in [3.63, 3.8) is 0 Å². The summed E-state index contributed by atoms with van der Waals surface area (Å²) < 4.78 is 6.59. The largest absolute Gasteiger partial charge is 0.394 e. The van der Waals surface area contributed by atoms with Crippen LogP contribution in [0.5, 0.6) is 0 Å². The highest BCUT2D eigenvalue weighted by Gasteiger charge is 2.21. The van der Waals surface area contributed by atoms with Crippen LogP contribution in [-0.2, 0) is 4.79 Å². The molecule has 0 aromatic rings. The van der Waals surface area contributed by atoms with E-state index in [-0.39, 0.29) is 0 Å². The summed E-state index contributed by atoms with van der Waals surface area (Å²) in [5.41, 5.74) is 0. The average molecular weight is 149 g/mol. The van der Waals surface area contributed by atoms with Gasteiger partial charge in [0.25, 0.3) is 0 Å². The number of carbonyl (C=O) groups is 1. The molecule has 0 bridgehead atoms. The summed E-state index contributed by atoms with van der Waals surface area (Å²) in [4.78, 5) is 10.3. The minimum absolute atomic E-state index is 0.612. The van der Waals surface area contributed by atoms with Gasteiger partial charge < -0.3 is 20.1 Å². The summed E-state index contributed by atoms with van der Waals surface area (Å²) in [7, 11) is 0. The Morgan fingerprint density at radius 1 is 1.70 bits per heavy atom. The Kier molecular flexibility index (Phi) is 3.35. The van der Waals surface area contributed by atoms with Gasteiger partial charge in [-0.2, -0.15) is 0 Å². The lowest BCUT2D eigenvalue weighted by molar-refractivity contribution is -0.117. The molecule has 0 saturated heterocycles. The molecular formula is C6H12O4. The van der Waals surface area contributed by atoms with E-state index in [9.17, 15) is 4.79 Å². The van der Waals surface area contributed by atoms with E-state index in [0.29, 0.717) is 0 Å². The molecule has 3 atom stereocenters. The molecule has 3 N–H and O–H groups in total. The van der Waals surface area contributed by atoms with Crippen LogP contribution in [0.3, 0.4) is 0 Å². The van der Waals surface area contributed by atoms with Gasteiger partial charge in [-0.15, -0.1) is 0 Å². The summed E-state index contributed by atoms with van der Waals surface area (Å²) >= 11 is 0. The summed E-state index contributed by atoms with van der Waals surface area (Å²) in [6, 6.07) is 0. The maximum atomic E-state index is 10.3. The number of carbonyl (C=O) groups excluding carboxylic acids is 1. The van der Waals surface area contributed by atoms with Crippen LogP contribution in [0.2, 0.25) is 0 Å². The van der Waals surface area contributed by atoms with Crippen LogP contribution in [-0.4, -0.2) is 40.4 Å². The second-order valence-corrected chi connectivity index (χ2v) is 2.15. The van der Waals surface area contributed by atoms with Crippen molar-refractivity contribution in [1.29, 1.82) is 0 Å². The summed E-state index contributed by atoms with van der Waals surface area (Å²) in [5.74, 6) is -0.961. The molecule has 0 unspecified atom stereocenters.